The molecule has 0 aliphatic carbocycles. The molecule has 1 aromatic heterocycles. The Morgan fingerprint density at radius 3 is 2.53 bits per heavy atom. The summed E-state index contributed by atoms with van der Waals surface area (Å²) >= 11 is 0. The number of fused-ring (bicyclic) bond motifs is 1. The maximum absolute atomic E-state index is 13.7. The number of ether oxygens (including phenoxy) is 1. The predicted molar refractivity (Wildman–Crippen MR) is 104 cm³/mol. The molecule has 0 spiro atoms. The van der Waals surface area contributed by atoms with Gasteiger partial charge in [-0.05, 0) is 47.1 Å². The molecule has 2 atom stereocenters. The van der Waals surface area contributed by atoms with E-state index in [4.69, 9.17) is 9.84 Å². The molecule has 32 heavy (non-hydrogen) atoms. The summed E-state index contributed by atoms with van der Waals surface area (Å²) in [4.78, 5) is -0.384. The van der Waals surface area contributed by atoms with Crippen LogP contribution in [0.25, 0.3) is 11.0 Å². The van der Waals surface area contributed by atoms with Crippen molar-refractivity contribution in [3.8, 4) is 5.75 Å². The molecule has 3 aromatic rings. The first-order valence-electron chi connectivity index (χ1n) is 9.19. The van der Waals surface area contributed by atoms with Crippen molar-refractivity contribution >= 4 is 22.0 Å². The number of aliphatic hydroxyl groups is 2. The van der Waals surface area contributed by atoms with Gasteiger partial charge in [0.2, 0.25) is 0 Å². The van der Waals surface area contributed by atoms with Crippen molar-refractivity contribution in [1.82, 2.24) is 14.6 Å². The van der Waals surface area contributed by atoms with Crippen LogP contribution in [0.4, 0.5) is 17.6 Å². The summed E-state index contributed by atoms with van der Waals surface area (Å²) in [5, 5.41) is 26.1. The van der Waals surface area contributed by atoms with Crippen LogP contribution in [0.3, 0.4) is 0 Å². The van der Waals surface area contributed by atoms with Crippen LogP contribution in [0.1, 0.15) is 12.0 Å². The van der Waals surface area contributed by atoms with E-state index in [2.05, 4.69) is 14.9 Å². The number of rotatable bonds is 4. The molecule has 0 bridgehead atoms. The number of aliphatic hydroxyl groups excluding tert-OH is 1. The fraction of sp³-hybridized carbons (Fsp3) is 0.368. The van der Waals surface area contributed by atoms with Gasteiger partial charge in [0.1, 0.15) is 39.2 Å². The van der Waals surface area contributed by atoms with Crippen LogP contribution in [0.5, 0.6) is 5.75 Å². The lowest BCUT2D eigenvalue weighted by molar-refractivity contribution is -0.137. The Morgan fingerprint density at radius 1 is 1.22 bits per heavy atom. The number of nitrogens with zero attached hydrogens (tertiary/aromatic N) is 3. The fourth-order valence-corrected chi connectivity index (χ4v) is 4.24. The van der Waals surface area contributed by atoms with Crippen molar-refractivity contribution < 1.29 is 41.3 Å². The van der Waals surface area contributed by atoms with Crippen LogP contribution < -0.4 is 4.74 Å². The number of hydrogen-bond acceptors (Lipinski definition) is 7. The molecule has 1 fully saturated rings. The summed E-state index contributed by atoms with van der Waals surface area (Å²) in [6, 6.07) is 7.15. The highest BCUT2D eigenvalue weighted by molar-refractivity contribution is 7.82. The van der Waals surface area contributed by atoms with Crippen molar-refractivity contribution in [3.63, 3.8) is 0 Å². The van der Waals surface area contributed by atoms with Crippen LogP contribution in [0, 0.1) is 5.82 Å². The predicted octanol–water partition coefficient (Wildman–Crippen LogP) is 2.53. The highest BCUT2D eigenvalue weighted by atomic mass is 32.2. The van der Waals surface area contributed by atoms with Gasteiger partial charge in [0.15, 0.2) is 0 Å². The molecule has 2 heterocycles. The monoisotopic (exact) mass is 477 g/mol. The standard InChI is InChI=1S/C12H13F4NO3S.C7H6N2O2/c13-9-5-8(12(14,15)16)1-2-10(9)21(20)17-4-3-11(19,6-17)7-18;1-10-5-2-3-6-7(4-5)9-11-8-6/h1-2,5,18-19H,3-4,6-7H2;2-4H,1H3. The highest BCUT2D eigenvalue weighted by Crippen LogP contribution is 2.32. The van der Waals surface area contributed by atoms with Gasteiger partial charge in [0.05, 0.1) is 24.2 Å². The minimum absolute atomic E-state index is 0.142. The van der Waals surface area contributed by atoms with Crippen LogP contribution in [0.2, 0.25) is 0 Å². The van der Waals surface area contributed by atoms with E-state index < -0.39 is 40.8 Å². The van der Waals surface area contributed by atoms with Gasteiger partial charge in [0.25, 0.3) is 0 Å². The van der Waals surface area contributed by atoms with E-state index in [0.717, 1.165) is 17.3 Å². The number of β-amino-alcohol motifs (C(OH)–C–C–N with tert-alkyl or cyclic N) is 1. The summed E-state index contributed by atoms with van der Waals surface area (Å²) in [5.41, 5.74) is -1.12. The summed E-state index contributed by atoms with van der Waals surface area (Å²) in [5.74, 6) is -0.462. The first kappa shape index (κ1) is 24.0. The molecule has 0 amide bonds. The van der Waals surface area contributed by atoms with Gasteiger partial charge in [-0.15, -0.1) is 0 Å². The van der Waals surface area contributed by atoms with Crippen molar-refractivity contribution in [1.29, 1.82) is 0 Å². The first-order chi connectivity index (χ1) is 15.1. The molecule has 8 nitrogen and oxygen atoms in total. The molecule has 4 rings (SSSR count). The SMILES string of the molecule is COc1ccc2nonc2c1.O=S(c1ccc(C(F)(F)F)cc1F)N1CCC(O)(CO)C1. The van der Waals surface area contributed by atoms with E-state index in [1.165, 1.54) is 4.31 Å². The van der Waals surface area contributed by atoms with E-state index in [1.54, 1.807) is 19.2 Å². The Bertz CT molecular complexity index is 1110. The number of benzene rings is 2. The summed E-state index contributed by atoms with van der Waals surface area (Å²) in [6.07, 6.45) is -4.52. The van der Waals surface area contributed by atoms with E-state index in [9.17, 15) is 26.9 Å². The second-order valence-electron chi connectivity index (χ2n) is 7.01. The van der Waals surface area contributed by atoms with Gasteiger partial charge in [-0.3, -0.25) is 0 Å². The van der Waals surface area contributed by atoms with Gasteiger partial charge in [-0.2, -0.15) is 13.2 Å². The third-order valence-corrected chi connectivity index (χ3v) is 6.22. The molecule has 1 aliphatic rings. The maximum Gasteiger partial charge on any atom is 0.416 e. The normalized spacial score (nSPS) is 20.1. The zero-order valence-corrected chi connectivity index (χ0v) is 17.5. The van der Waals surface area contributed by atoms with Crippen molar-refractivity contribution in [3.05, 3.63) is 47.8 Å². The quantitative estimate of drug-likeness (QED) is 0.556. The van der Waals surface area contributed by atoms with Crippen LogP contribution in [0.15, 0.2) is 45.9 Å². The van der Waals surface area contributed by atoms with E-state index >= 15 is 0 Å². The number of alkyl halides is 3. The molecular weight excluding hydrogens is 458 g/mol. The third-order valence-electron chi connectivity index (χ3n) is 4.73. The average Bonchev–Trinajstić information content (AvgIpc) is 3.39. The molecule has 1 saturated heterocycles. The molecule has 1 aliphatic heterocycles. The lowest BCUT2D eigenvalue weighted by Crippen LogP contribution is -2.37. The number of halogens is 4. The van der Waals surface area contributed by atoms with Crippen molar-refractivity contribution in [2.24, 2.45) is 0 Å². The van der Waals surface area contributed by atoms with E-state index in [-0.39, 0.29) is 24.4 Å². The minimum Gasteiger partial charge on any atom is -0.497 e. The lowest BCUT2D eigenvalue weighted by Gasteiger charge is -2.20. The molecule has 2 unspecified atom stereocenters. The van der Waals surface area contributed by atoms with E-state index in [0.29, 0.717) is 17.6 Å². The summed E-state index contributed by atoms with van der Waals surface area (Å²) < 4.78 is 73.9. The maximum atomic E-state index is 13.7. The van der Waals surface area contributed by atoms with Crippen molar-refractivity contribution in [2.75, 3.05) is 26.8 Å². The molecule has 0 saturated carbocycles. The summed E-state index contributed by atoms with van der Waals surface area (Å²) in [7, 11) is -0.428. The largest absolute Gasteiger partial charge is 0.497 e. The molecule has 2 N–H and O–H groups in total. The highest BCUT2D eigenvalue weighted by Gasteiger charge is 2.39. The average molecular weight is 477 g/mol. The number of methoxy groups -OCH3 is 1. The Hall–Kier alpha value is -2.61. The van der Waals surface area contributed by atoms with Gasteiger partial charge in [-0.25, -0.2) is 17.5 Å². The Kier molecular flexibility index (Phi) is 7.12. The minimum atomic E-state index is -4.67. The number of aromatic nitrogens is 2. The Labute approximate surface area is 181 Å². The first-order valence-corrected chi connectivity index (χ1v) is 10.3. The van der Waals surface area contributed by atoms with Gasteiger partial charge >= 0.3 is 6.18 Å². The second kappa shape index (κ2) is 9.48. The van der Waals surface area contributed by atoms with Crippen LogP contribution in [-0.2, 0) is 17.2 Å². The van der Waals surface area contributed by atoms with E-state index in [1.807, 2.05) is 6.07 Å². The van der Waals surface area contributed by atoms with Gasteiger partial charge in [0, 0.05) is 19.2 Å². The van der Waals surface area contributed by atoms with Crippen LogP contribution >= 0.6 is 0 Å². The topological polar surface area (TPSA) is 109 Å². The van der Waals surface area contributed by atoms with Crippen LogP contribution in [-0.4, -0.2) is 61.4 Å². The lowest BCUT2D eigenvalue weighted by atomic mass is 10.1. The molecule has 174 valence electrons. The second-order valence-corrected chi connectivity index (χ2v) is 8.46. The van der Waals surface area contributed by atoms with Crippen molar-refractivity contribution in [2.45, 2.75) is 23.1 Å². The molecule has 0 radical (unpaired) electrons. The zero-order chi connectivity index (χ0) is 23.5. The summed E-state index contributed by atoms with van der Waals surface area (Å²) in [6.45, 7) is -0.531. The fourth-order valence-electron chi connectivity index (χ4n) is 2.94. The zero-order valence-electron chi connectivity index (χ0n) is 16.7. The molecular formula is C19H19F4N3O5S. The number of hydrogen-bond donors (Lipinski definition) is 2. The third kappa shape index (κ3) is 5.41. The van der Waals surface area contributed by atoms with Gasteiger partial charge < -0.3 is 14.9 Å². The van der Waals surface area contributed by atoms with Gasteiger partial charge in [-0.1, -0.05) is 0 Å². The molecule has 13 heteroatoms. The Morgan fingerprint density at radius 2 is 1.94 bits per heavy atom. The molecule has 2 aromatic carbocycles. The smallest absolute Gasteiger partial charge is 0.416 e. The Balaban J connectivity index is 0.000000219.